The van der Waals surface area contributed by atoms with Crippen molar-refractivity contribution < 1.29 is 16.8 Å². The highest BCUT2D eigenvalue weighted by atomic mass is 79.9. The molecule has 0 aliphatic heterocycles. The minimum Gasteiger partial charge on any atom is -0.280 e. The minimum atomic E-state index is -3.92. The van der Waals surface area contributed by atoms with Crippen LogP contribution < -0.4 is 4.72 Å². The van der Waals surface area contributed by atoms with E-state index in [0.717, 1.165) is 5.56 Å². The summed E-state index contributed by atoms with van der Waals surface area (Å²) in [4.78, 5) is -0.0905. The molecule has 148 valence electrons. The molecule has 2 aromatic carbocycles. The van der Waals surface area contributed by atoms with Gasteiger partial charge in [0.25, 0.3) is 10.0 Å². The second kappa shape index (κ2) is 8.48. The number of sulfonamides is 2. The monoisotopic (exact) mass is 494 g/mol. The quantitative estimate of drug-likeness (QED) is 0.623. The second-order valence-corrected chi connectivity index (χ2v) is 10.6. The van der Waals surface area contributed by atoms with Gasteiger partial charge in [-0.3, -0.25) is 4.72 Å². The zero-order chi connectivity index (χ0) is 20.4. The van der Waals surface area contributed by atoms with Crippen molar-refractivity contribution in [2.24, 2.45) is 0 Å². The van der Waals surface area contributed by atoms with E-state index < -0.39 is 20.0 Å². The van der Waals surface area contributed by atoms with Gasteiger partial charge < -0.3 is 0 Å². The molecule has 0 spiro atoms. The number of nitrogens with one attached hydrogen (secondary N) is 1. The molecule has 2 rings (SSSR count). The van der Waals surface area contributed by atoms with Gasteiger partial charge in [-0.1, -0.05) is 31.5 Å². The number of aryl methyl sites for hydroxylation is 1. The number of benzene rings is 2. The first-order valence-electron chi connectivity index (χ1n) is 8.11. The molecule has 0 atom stereocenters. The Hall–Kier alpha value is -1.13. The van der Waals surface area contributed by atoms with Gasteiger partial charge in [-0.2, -0.15) is 4.31 Å². The predicted molar refractivity (Wildman–Crippen MR) is 111 cm³/mol. The van der Waals surface area contributed by atoms with Gasteiger partial charge in [-0.25, -0.2) is 16.8 Å². The van der Waals surface area contributed by atoms with Gasteiger partial charge in [0.2, 0.25) is 10.0 Å². The fraction of sp³-hybridized carbons (Fsp3) is 0.294. The lowest BCUT2D eigenvalue weighted by Gasteiger charge is -2.20. The maximum Gasteiger partial charge on any atom is 0.263 e. The molecule has 10 heteroatoms. The fourth-order valence-electron chi connectivity index (χ4n) is 2.50. The Labute approximate surface area is 173 Å². The van der Waals surface area contributed by atoms with Crippen molar-refractivity contribution in [3.8, 4) is 0 Å². The number of hydrogen-bond donors (Lipinski definition) is 1. The molecule has 27 heavy (non-hydrogen) atoms. The molecule has 1 N–H and O–H groups in total. The molecule has 0 aliphatic rings. The van der Waals surface area contributed by atoms with Crippen molar-refractivity contribution in [1.29, 1.82) is 0 Å². The average molecular weight is 496 g/mol. The van der Waals surface area contributed by atoms with Gasteiger partial charge in [0, 0.05) is 17.6 Å². The number of nitrogens with zero attached hydrogens (tertiary/aromatic N) is 1. The van der Waals surface area contributed by atoms with E-state index in [1.54, 1.807) is 26.0 Å². The Kier molecular flexibility index (Phi) is 6.96. The summed E-state index contributed by atoms with van der Waals surface area (Å²) in [7, 11) is -7.75. The fourth-order valence-corrected chi connectivity index (χ4v) is 6.70. The van der Waals surface area contributed by atoms with E-state index in [-0.39, 0.29) is 33.6 Å². The first-order chi connectivity index (χ1) is 12.5. The molecule has 0 aliphatic carbocycles. The molecular weight excluding hydrogens is 476 g/mol. The maximum atomic E-state index is 12.8. The Morgan fingerprint density at radius 2 is 1.63 bits per heavy atom. The second-order valence-electron chi connectivity index (χ2n) is 5.77. The number of anilines is 1. The lowest BCUT2D eigenvalue weighted by Crippen LogP contribution is -2.30. The van der Waals surface area contributed by atoms with E-state index in [1.807, 2.05) is 6.92 Å². The van der Waals surface area contributed by atoms with E-state index in [2.05, 4.69) is 20.7 Å². The molecule has 0 saturated carbocycles. The highest BCUT2D eigenvalue weighted by Gasteiger charge is 2.26. The van der Waals surface area contributed by atoms with Crippen LogP contribution in [0.25, 0.3) is 0 Å². The van der Waals surface area contributed by atoms with Crippen LogP contribution in [0, 0.1) is 6.92 Å². The van der Waals surface area contributed by atoms with Crippen molar-refractivity contribution in [3.05, 3.63) is 51.5 Å². The molecule has 0 bridgehead atoms. The third kappa shape index (κ3) is 4.83. The summed E-state index contributed by atoms with van der Waals surface area (Å²) in [6, 6.07) is 8.86. The molecule has 6 nitrogen and oxygen atoms in total. The first kappa shape index (κ1) is 22.2. The lowest BCUT2D eigenvalue weighted by molar-refractivity contribution is 0.445. The number of hydrogen-bond acceptors (Lipinski definition) is 4. The minimum absolute atomic E-state index is 0.0290. The lowest BCUT2D eigenvalue weighted by atomic mass is 10.2. The third-order valence-corrected chi connectivity index (χ3v) is 8.77. The zero-order valence-electron chi connectivity index (χ0n) is 15.0. The Morgan fingerprint density at radius 1 is 1.00 bits per heavy atom. The van der Waals surface area contributed by atoms with Crippen molar-refractivity contribution in [2.45, 2.75) is 30.6 Å². The Morgan fingerprint density at radius 3 is 2.19 bits per heavy atom. The molecule has 0 radical (unpaired) electrons. The summed E-state index contributed by atoms with van der Waals surface area (Å²) in [5.41, 5.74) is 1.01. The Balaban J connectivity index is 2.47. The first-order valence-corrected chi connectivity index (χ1v) is 12.2. The van der Waals surface area contributed by atoms with Crippen LogP contribution in [0.2, 0.25) is 5.02 Å². The van der Waals surface area contributed by atoms with E-state index in [4.69, 9.17) is 11.6 Å². The average Bonchev–Trinajstić information content (AvgIpc) is 2.56. The summed E-state index contributed by atoms with van der Waals surface area (Å²) < 4.78 is 55.0. The van der Waals surface area contributed by atoms with Gasteiger partial charge in [-0.05, 0) is 58.7 Å². The van der Waals surface area contributed by atoms with Crippen LogP contribution in [0.4, 0.5) is 5.69 Å². The van der Waals surface area contributed by atoms with Gasteiger partial charge in [0.15, 0.2) is 0 Å². The van der Waals surface area contributed by atoms with Gasteiger partial charge in [-0.15, -0.1) is 0 Å². The van der Waals surface area contributed by atoms with Gasteiger partial charge >= 0.3 is 0 Å². The van der Waals surface area contributed by atoms with Crippen LogP contribution in [-0.4, -0.2) is 34.2 Å². The topological polar surface area (TPSA) is 83.6 Å². The van der Waals surface area contributed by atoms with Crippen LogP contribution in [0.3, 0.4) is 0 Å². The van der Waals surface area contributed by atoms with Crippen LogP contribution in [-0.2, 0) is 20.0 Å². The molecule has 0 heterocycles. The third-order valence-electron chi connectivity index (χ3n) is 3.88. The van der Waals surface area contributed by atoms with E-state index in [9.17, 15) is 16.8 Å². The largest absolute Gasteiger partial charge is 0.280 e. The summed E-state index contributed by atoms with van der Waals surface area (Å²) in [6.45, 7) is 5.84. The zero-order valence-corrected chi connectivity index (χ0v) is 19.0. The van der Waals surface area contributed by atoms with Crippen molar-refractivity contribution in [3.63, 3.8) is 0 Å². The van der Waals surface area contributed by atoms with Crippen molar-refractivity contribution >= 4 is 53.3 Å². The molecule has 0 saturated heterocycles. The van der Waals surface area contributed by atoms with E-state index >= 15 is 0 Å². The predicted octanol–water partition coefficient (Wildman–Crippen LogP) is 4.24. The van der Waals surface area contributed by atoms with Crippen LogP contribution in [0.15, 0.2) is 50.7 Å². The summed E-state index contributed by atoms with van der Waals surface area (Å²) >= 11 is 9.33. The van der Waals surface area contributed by atoms with E-state index in [0.29, 0.717) is 4.47 Å². The molecule has 0 aromatic heterocycles. The Bertz CT molecular complexity index is 1050. The SMILES string of the molecule is CCN(CC)S(=O)(=O)c1cc(NS(=O)(=O)c2ccc(C)cc2Br)ccc1Cl. The molecular formula is C17H20BrClN2O4S2. The molecule has 2 aromatic rings. The highest BCUT2D eigenvalue weighted by molar-refractivity contribution is 9.10. The van der Waals surface area contributed by atoms with Crippen LogP contribution >= 0.6 is 27.5 Å². The number of halogens is 2. The normalized spacial score (nSPS) is 12.4. The van der Waals surface area contributed by atoms with Gasteiger partial charge in [0.1, 0.15) is 9.79 Å². The van der Waals surface area contributed by atoms with E-state index in [1.165, 1.54) is 28.6 Å². The summed E-state index contributed by atoms with van der Waals surface area (Å²) in [5, 5.41) is 0.0290. The molecule has 0 fully saturated rings. The van der Waals surface area contributed by atoms with Crippen molar-refractivity contribution in [1.82, 2.24) is 4.31 Å². The summed E-state index contributed by atoms with van der Waals surface area (Å²) in [5.74, 6) is 0. The highest BCUT2D eigenvalue weighted by Crippen LogP contribution is 2.30. The van der Waals surface area contributed by atoms with Gasteiger partial charge in [0.05, 0.1) is 10.7 Å². The maximum absolute atomic E-state index is 12.8. The standard InChI is InChI=1S/C17H20BrClN2O4S2/c1-4-21(5-2)27(24,25)17-11-13(7-8-15(17)19)20-26(22,23)16-9-6-12(3)10-14(16)18/h6-11,20H,4-5H2,1-3H3. The van der Waals surface area contributed by atoms with Crippen molar-refractivity contribution in [2.75, 3.05) is 17.8 Å². The van der Waals surface area contributed by atoms with Crippen LogP contribution in [0.1, 0.15) is 19.4 Å². The molecule has 0 amide bonds. The number of rotatable bonds is 7. The van der Waals surface area contributed by atoms with Crippen LogP contribution in [0.5, 0.6) is 0 Å². The molecule has 0 unspecified atom stereocenters. The smallest absolute Gasteiger partial charge is 0.263 e. The summed E-state index contributed by atoms with van der Waals surface area (Å²) in [6.07, 6.45) is 0.